The summed E-state index contributed by atoms with van der Waals surface area (Å²) in [4.78, 5) is 4.93. The smallest absolute Gasteiger partial charge is 0.157 e. The molecule has 3 heteroatoms. The molecule has 19 heavy (non-hydrogen) atoms. The lowest BCUT2D eigenvalue weighted by molar-refractivity contribution is 0.528. The molecule has 0 amide bonds. The summed E-state index contributed by atoms with van der Waals surface area (Å²) in [5.74, 6) is 2.09. The number of aliphatic imine (C=N–C) groups is 1. The molecule has 1 N–H and O–H groups in total. The number of thioether (sulfide) groups is 1. The number of nitrogens with one attached hydrogen (secondary N) is 1. The van der Waals surface area contributed by atoms with Gasteiger partial charge in [0.05, 0.1) is 12.1 Å². The topological polar surface area (TPSA) is 24.4 Å². The summed E-state index contributed by atoms with van der Waals surface area (Å²) < 4.78 is 0. The molecule has 1 saturated carbocycles. The van der Waals surface area contributed by atoms with E-state index in [2.05, 4.69) is 42.6 Å². The highest BCUT2D eigenvalue weighted by Crippen LogP contribution is 2.35. The van der Waals surface area contributed by atoms with Crippen LogP contribution in [-0.4, -0.2) is 17.0 Å². The zero-order valence-corrected chi connectivity index (χ0v) is 12.3. The Morgan fingerprint density at radius 3 is 2.95 bits per heavy atom. The summed E-state index contributed by atoms with van der Waals surface area (Å²) in [6.45, 7) is 2.23. The summed E-state index contributed by atoms with van der Waals surface area (Å²) in [5.41, 5.74) is 1.36. The van der Waals surface area contributed by atoms with E-state index in [-0.39, 0.29) is 0 Å². The van der Waals surface area contributed by atoms with Gasteiger partial charge in [0.2, 0.25) is 0 Å². The van der Waals surface area contributed by atoms with E-state index in [4.69, 9.17) is 4.99 Å². The van der Waals surface area contributed by atoms with Crippen molar-refractivity contribution in [3.05, 3.63) is 35.9 Å². The number of amidine groups is 1. The lowest BCUT2D eigenvalue weighted by Gasteiger charge is -2.26. The molecule has 1 aromatic carbocycles. The van der Waals surface area contributed by atoms with Crippen LogP contribution in [0.4, 0.5) is 0 Å². The van der Waals surface area contributed by atoms with Crippen LogP contribution >= 0.6 is 11.8 Å². The zero-order chi connectivity index (χ0) is 13.1. The zero-order valence-electron chi connectivity index (χ0n) is 11.5. The third-order valence-corrected chi connectivity index (χ3v) is 5.34. The average molecular weight is 274 g/mol. The van der Waals surface area contributed by atoms with Crippen molar-refractivity contribution >= 4 is 16.9 Å². The van der Waals surface area contributed by atoms with Crippen LogP contribution in [0.2, 0.25) is 0 Å². The van der Waals surface area contributed by atoms with Crippen LogP contribution < -0.4 is 5.32 Å². The number of nitrogens with zero attached hydrogens (tertiary/aromatic N) is 1. The van der Waals surface area contributed by atoms with Gasteiger partial charge in [-0.2, -0.15) is 0 Å². The molecule has 1 heterocycles. The Kier molecular flexibility index (Phi) is 4.12. The highest BCUT2D eigenvalue weighted by Gasteiger charge is 2.31. The molecule has 3 rings (SSSR count). The van der Waals surface area contributed by atoms with E-state index in [0.29, 0.717) is 12.1 Å². The first kappa shape index (κ1) is 13.0. The average Bonchev–Trinajstić information content (AvgIpc) is 2.93. The molecule has 2 aliphatic rings. The summed E-state index contributed by atoms with van der Waals surface area (Å²) >= 11 is 1.92. The second-order valence-corrected chi connectivity index (χ2v) is 6.53. The molecular formula is C16H22N2S. The minimum atomic E-state index is 0.394. The van der Waals surface area contributed by atoms with Gasteiger partial charge in [0.25, 0.3) is 0 Å². The van der Waals surface area contributed by atoms with Gasteiger partial charge in [-0.25, -0.2) is 0 Å². The molecular weight excluding hydrogens is 252 g/mol. The minimum absolute atomic E-state index is 0.394. The molecule has 0 spiro atoms. The number of rotatable bonds is 3. The van der Waals surface area contributed by atoms with Crippen LogP contribution in [0.15, 0.2) is 35.3 Å². The summed E-state index contributed by atoms with van der Waals surface area (Å²) in [7, 11) is 0. The van der Waals surface area contributed by atoms with E-state index in [0.717, 1.165) is 12.3 Å². The van der Waals surface area contributed by atoms with E-state index in [1.807, 2.05) is 11.8 Å². The van der Waals surface area contributed by atoms with E-state index in [1.165, 1.54) is 35.7 Å². The third-order valence-electron chi connectivity index (χ3n) is 4.24. The van der Waals surface area contributed by atoms with E-state index in [1.54, 1.807) is 0 Å². The van der Waals surface area contributed by atoms with Crippen molar-refractivity contribution in [2.75, 3.05) is 5.75 Å². The first-order valence-corrected chi connectivity index (χ1v) is 8.37. The maximum absolute atomic E-state index is 4.93. The Labute approximate surface area is 120 Å². The summed E-state index contributed by atoms with van der Waals surface area (Å²) in [6.07, 6.45) is 5.13. The molecule has 102 valence electrons. The fourth-order valence-electron chi connectivity index (χ4n) is 3.09. The SMILES string of the molecule is CCC(NC1=NC2CCCC2CS1)c1ccccc1. The van der Waals surface area contributed by atoms with Crippen molar-refractivity contribution in [1.29, 1.82) is 0 Å². The standard InChI is InChI=1S/C16H22N2S/c1-2-14(12-7-4-3-5-8-12)17-16-18-15-10-6-9-13(15)11-19-16/h3-5,7-8,13-15H,2,6,9-11H2,1H3,(H,17,18). The third kappa shape index (κ3) is 2.97. The molecule has 3 atom stereocenters. The van der Waals surface area contributed by atoms with Gasteiger partial charge >= 0.3 is 0 Å². The molecule has 0 radical (unpaired) electrons. The van der Waals surface area contributed by atoms with Crippen molar-refractivity contribution < 1.29 is 0 Å². The largest absolute Gasteiger partial charge is 0.358 e. The molecule has 2 nitrogen and oxygen atoms in total. The molecule has 1 aromatic rings. The van der Waals surface area contributed by atoms with Crippen molar-refractivity contribution in [2.45, 2.75) is 44.7 Å². The van der Waals surface area contributed by atoms with Crippen molar-refractivity contribution in [3.63, 3.8) is 0 Å². The van der Waals surface area contributed by atoms with Gasteiger partial charge in [0.1, 0.15) is 0 Å². The monoisotopic (exact) mass is 274 g/mol. The van der Waals surface area contributed by atoms with Gasteiger partial charge < -0.3 is 5.32 Å². The first-order chi connectivity index (χ1) is 9.36. The van der Waals surface area contributed by atoms with Crippen molar-refractivity contribution in [3.8, 4) is 0 Å². The van der Waals surface area contributed by atoms with Crippen molar-refractivity contribution in [1.82, 2.24) is 5.32 Å². The second-order valence-electron chi connectivity index (χ2n) is 5.52. The molecule has 1 aliphatic carbocycles. The molecule has 0 aromatic heterocycles. The predicted molar refractivity (Wildman–Crippen MR) is 83.6 cm³/mol. The Hall–Kier alpha value is -0.960. The Morgan fingerprint density at radius 2 is 2.16 bits per heavy atom. The van der Waals surface area contributed by atoms with Gasteiger partial charge in [-0.15, -0.1) is 0 Å². The lowest BCUT2D eigenvalue weighted by atomic mass is 10.1. The highest BCUT2D eigenvalue weighted by molar-refractivity contribution is 8.13. The van der Waals surface area contributed by atoms with E-state index >= 15 is 0 Å². The number of fused-ring (bicyclic) bond motifs is 1. The fraction of sp³-hybridized carbons (Fsp3) is 0.562. The Balaban J connectivity index is 1.70. The number of hydrogen-bond acceptors (Lipinski definition) is 3. The Morgan fingerprint density at radius 1 is 1.32 bits per heavy atom. The Bertz CT molecular complexity index is 443. The molecule has 3 unspecified atom stereocenters. The van der Waals surface area contributed by atoms with E-state index < -0.39 is 0 Å². The molecule has 1 fully saturated rings. The van der Waals surface area contributed by atoms with Crippen LogP contribution in [-0.2, 0) is 0 Å². The predicted octanol–water partition coefficient (Wildman–Crippen LogP) is 4.00. The molecule has 0 saturated heterocycles. The molecule has 0 bridgehead atoms. The van der Waals surface area contributed by atoms with Crippen LogP contribution in [0.25, 0.3) is 0 Å². The minimum Gasteiger partial charge on any atom is -0.358 e. The van der Waals surface area contributed by atoms with Crippen LogP contribution in [0, 0.1) is 5.92 Å². The quantitative estimate of drug-likeness (QED) is 0.901. The maximum Gasteiger partial charge on any atom is 0.157 e. The van der Waals surface area contributed by atoms with Gasteiger partial charge in [-0.05, 0) is 30.7 Å². The van der Waals surface area contributed by atoms with Gasteiger partial charge in [0.15, 0.2) is 5.17 Å². The van der Waals surface area contributed by atoms with Gasteiger partial charge in [-0.3, -0.25) is 4.99 Å². The second kappa shape index (κ2) is 6.00. The summed E-state index contributed by atoms with van der Waals surface area (Å²) in [6, 6.07) is 11.7. The molecule has 1 aliphatic heterocycles. The van der Waals surface area contributed by atoms with E-state index in [9.17, 15) is 0 Å². The van der Waals surface area contributed by atoms with Crippen LogP contribution in [0.1, 0.15) is 44.2 Å². The van der Waals surface area contributed by atoms with Gasteiger partial charge in [-0.1, -0.05) is 55.4 Å². The maximum atomic E-state index is 4.93. The number of benzene rings is 1. The first-order valence-electron chi connectivity index (χ1n) is 7.39. The number of hydrogen-bond donors (Lipinski definition) is 1. The highest BCUT2D eigenvalue weighted by atomic mass is 32.2. The normalized spacial score (nSPS) is 27.5. The van der Waals surface area contributed by atoms with Crippen LogP contribution in [0.3, 0.4) is 0 Å². The lowest BCUT2D eigenvalue weighted by Crippen LogP contribution is -2.32. The van der Waals surface area contributed by atoms with Gasteiger partial charge in [0, 0.05) is 5.75 Å². The fourth-order valence-corrected chi connectivity index (χ4v) is 4.29. The summed E-state index contributed by atoms with van der Waals surface area (Å²) in [5, 5.41) is 4.81. The van der Waals surface area contributed by atoms with Crippen LogP contribution in [0.5, 0.6) is 0 Å². The van der Waals surface area contributed by atoms with Crippen molar-refractivity contribution in [2.24, 2.45) is 10.9 Å².